The Balaban J connectivity index is 1.48. The van der Waals surface area contributed by atoms with Gasteiger partial charge in [-0.05, 0) is 60.7 Å². The SMILES string of the molecule is COc1ccccc1OC(=O)c1ccc(NC2=C(Cl)C(=O)N(c3ccc(Cl)cc3)C2=O)cc1. The average Bonchev–Trinajstić information content (AvgIpc) is 3.03. The summed E-state index contributed by atoms with van der Waals surface area (Å²) in [5.74, 6) is -1.11. The topological polar surface area (TPSA) is 84.9 Å². The molecule has 0 aromatic heterocycles. The molecule has 1 aliphatic heterocycles. The van der Waals surface area contributed by atoms with Crippen LogP contribution in [0.25, 0.3) is 0 Å². The van der Waals surface area contributed by atoms with Crippen molar-refractivity contribution in [3.05, 3.63) is 94.1 Å². The highest BCUT2D eigenvalue weighted by Gasteiger charge is 2.38. The van der Waals surface area contributed by atoms with Crippen molar-refractivity contribution in [3.63, 3.8) is 0 Å². The van der Waals surface area contributed by atoms with E-state index in [0.717, 1.165) is 4.90 Å². The number of rotatable bonds is 6. The van der Waals surface area contributed by atoms with Gasteiger partial charge in [0, 0.05) is 10.7 Å². The molecule has 0 atom stereocenters. The van der Waals surface area contributed by atoms with E-state index in [1.807, 2.05) is 0 Å². The largest absolute Gasteiger partial charge is 0.493 e. The van der Waals surface area contributed by atoms with Crippen molar-refractivity contribution in [2.45, 2.75) is 0 Å². The Morgan fingerprint density at radius 1 is 0.848 bits per heavy atom. The maximum Gasteiger partial charge on any atom is 0.343 e. The summed E-state index contributed by atoms with van der Waals surface area (Å²) < 4.78 is 10.6. The van der Waals surface area contributed by atoms with E-state index in [2.05, 4.69) is 5.32 Å². The van der Waals surface area contributed by atoms with Gasteiger partial charge in [-0.15, -0.1) is 0 Å². The van der Waals surface area contributed by atoms with Gasteiger partial charge < -0.3 is 14.8 Å². The van der Waals surface area contributed by atoms with E-state index >= 15 is 0 Å². The number of methoxy groups -OCH3 is 1. The Hall–Kier alpha value is -3.81. The van der Waals surface area contributed by atoms with Crippen molar-refractivity contribution in [2.24, 2.45) is 0 Å². The molecule has 4 rings (SSSR count). The molecule has 0 saturated heterocycles. The average molecular weight is 483 g/mol. The fourth-order valence-electron chi connectivity index (χ4n) is 3.13. The van der Waals surface area contributed by atoms with Crippen LogP contribution in [0.15, 0.2) is 83.5 Å². The van der Waals surface area contributed by atoms with Crippen molar-refractivity contribution in [1.29, 1.82) is 0 Å². The molecule has 0 radical (unpaired) electrons. The molecule has 1 aliphatic rings. The summed E-state index contributed by atoms with van der Waals surface area (Å²) in [5, 5.41) is 3.08. The second-order valence-corrected chi connectivity index (χ2v) is 7.67. The van der Waals surface area contributed by atoms with Crippen LogP contribution in [0, 0.1) is 0 Å². The van der Waals surface area contributed by atoms with E-state index in [0.29, 0.717) is 27.9 Å². The first-order valence-electron chi connectivity index (χ1n) is 9.65. The van der Waals surface area contributed by atoms with Crippen LogP contribution in [0.5, 0.6) is 11.5 Å². The number of hydrogen-bond donors (Lipinski definition) is 1. The second-order valence-electron chi connectivity index (χ2n) is 6.85. The van der Waals surface area contributed by atoms with Gasteiger partial charge in [0.05, 0.1) is 18.4 Å². The first-order valence-corrected chi connectivity index (χ1v) is 10.4. The number of carbonyl (C=O) groups excluding carboxylic acids is 3. The van der Waals surface area contributed by atoms with Gasteiger partial charge >= 0.3 is 5.97 Å². The molecule has 1 N–H and O–H groups in total. The van der Waals surface area contributed by atoms with Gasteiger partial charge in [0.25, 0.3) is 11.8 Å². The zero-order valence-corrected chi connectivity index (χ0v) is 18.7. The van der Waals surface area contributed by atoms with Gasteiger partial charge in [-0.3, -0.25) is 9.59 Å². The number of nitrogens with one attached hydrogen (secondary N) is 1. The molecule has 9 heteroatoms. The van der Waals surface area contributed by atoms with Gasteiger partial charge in [-0.2, -0.15) is 0 Å². The number of nitrogens with zero attached hydrogens (tertiary/aromatic N) is 1. The number of esters is 1. The summed E-state index contributed by atoms with van der Waals surface area (Å²) in [6.45, 7) is 0. The summed E-state index contributed by atoms with van der Waals surface area (Å²) in [4.78, 5) is 38.8. The number of benzene rings is 3. The minimum atomic E-state index is -0.650. The number of amides is 2. The predicted molar refractivity (Wildman–Crippen MR) is 125 cm³/mol. The van der Waals surface area contributed by atoms with Crippen LogP contribution >= 0.6 is 23.2 Å². The van der Waals surface area contributed by atoms with E-state index in [4.69, 9.17) is 32.7 Å². The molecular weight excluding hydrogens is 467 g/mol. The van der Waals surface area contributed by atoms with Gasteiger partial charge in [-0.1, -0.05) is 35.3 Å². The number of anilines is 2. The molecule has 2 amide bonds. The summed E-state index contributed by atoms with van der Waals surface area (Å²) in [5.41, 5.74) is 1.01. The fraction of sp³-hybridized carbons (Fsp3) is 0.0417. The standard InChI is InChI=1S/C24H16Cl2N2O5/c1-32-18-4-2-3-5-19(18)33-24(31)14-6-10-16(11-7-14)27-21-20(26)22(29)28(23(21)30)17-12-8-15(25)9-13-17/h2-13,27H,1H3. The van der Waals surface area contributed by atoms with Gasteiger partial charge in [0.1, 0.15) is 10.7 Å². The highest BCUT2D eigenvalue weighted by atomic mass is 35.5. The summed E-state index contributed by atoms with van der Waals surface area (Å²) in [7, 11) is 1.48. The molecular formula is C24H16Cl2N2O5. The van der Waals surface area contributed by atoms with Crippen LogP contribution in [-0.2, 0) is 9.59 Å². The quantitative estimate of drug-likeness (QED) is 0.302. The molecule has 7 nitrogen and oxygen atoms in total. The highest BCUT2D eigenvalue weighted by Crippen LogP contribution is 2.31. The maximum absolute atomic E-state index is 12.8. The van der Waals surface area contributed by atoms with E-state index in [1.165, 1.54) is 19.2 Å². The van der Waals surface area contributed by atoms with E-state index in [1.54, 1.807) is 60.7 Å². The first kappa shape index (κ1) is 22.4. The number of halogens is 2. The molecule has 0 spiro atoms. The lowest BCUT2D eigenvalue weighted by Gasteiger charge is -2.15. The molecule has 33 heavy (non-hydrogen) atoms. The van der Waals surface area contributed by atoms with Crippen LogP contribution in [0.4, 0.5) is 11.4 Å². The van der Waals surface area contributed by atoms with Crippen molar-refractivity contribution in [2.75, 3.05) is 17.3 Å². The zero-order chi connectivity index (χ0) is 23.5. The molecule has 3 aromatic carbocycles. The monoisotopic (exact) mass is 482 g/mol. The third-order valence-corrected chi connectivity index (χ3v) is 5.38. The second kappa shape index (κ2) is 9.36. The van der Waals surface area contributed by atoms with Gasteiger partial charge in [0.15, 0.2) is 11.5 Å². The Morgan fingerprint density at radius 2 is 1.48 bits per heavy atom. The Bertz CT molecular complexity index is 1270. The third kappa shape index (κ3) is 4.55. The smallest absolute Gasteiger partial charge is 0.343 e. The summed E-state index contributed by atoms with van der Waals surface area (Å²) in [6, 6.07) is 19.2. The van der Waals surface area contributed by atoms with Crippen LogP contribution in [-0.4, -0.2) is 24.9 Å². The third-order valence-electron chi connectivity index (χ3n) is 4.77. The van der Waals surface area contributed by atoms with E-state index in [-0.39, 0.29) is 16.3 Å². The van der Waals surface area contributed by atoms with Crippen molar-refractivity contribution in [3.8, 4) is 11.5 Å². The minimum Gasteiger partial charge on any atom is -0.493 e. The molecule has 166 valence electrons. The molecule has 0 fully saturated rings. The normalized spacial score (nSPS) is 13.4. The number of imide groups is 1. The lowest BCUT2D eigenvalue weighted by molar-refractivity contribution is -0.120. The van der Waals surface area contributed by atoms with Crippen molar-refractivity contribution in [1.82, 2.24) is 0 Å². The molecule has 0 unspecified atom stereocenters. The van der Waals surface area contributed by atoms with Crippen LogP contribution < -0.4 is 19.7 Å². The van der Waals surface area contributed by atoms with Gasteiger partial charge in [0.2, 0.25) is 0 Å². The van der Waals surface area contributed by atoms with Crippen molar-refractivity contribution < 1.29 is 23.9 Å². The van der Waals surface area contributed by atoms with Crippen molar-refractivity contribution >= 4 is 52.4 Å². The minimum absolute atomic E-state index is 0.0686. The molecule has 0 bridgehead atoms. The maximum atomic E-state index is 12.8. The Labute approximate surface area is 199 Å². The summed E-state index contributed by atoms with van der Waals surface area (Å²) in [6.07, 6.45) is 0. The number of ether oxygens (including phenoxy) is 2. The molecule has 0 aliphatic carbocycles. The lowest BCUT2D eigenvalue weighted by Crippen LogP contribution is -2.32. The molecule has 3 aromatic rings. The van der Waals surface area contributed by atoms with Gasteiger partial charge in [-0.25, -0.2) is 9.69 Å². The number of carbonyl (C=O) groups is 3. The van der Waals surface area contributed by atoms with E-state index in [9.17, 15) is 14.4 Å². The Morgan fingerprint density at radius 3 is 2.12 bits per heavy atom. The summed E-state index contributed by atoms with van der Waals surface area (Å²) >= 11 is 12.0. The lowest BCUT2D eigenvalue weighted by atomic mass is 10.2. The van der Waals surface area contributed by atoms with Crippen LogP contribution in [0.3, 0.4) is 0 Å². The highest BCUT2D eigenvalue weighted by molar-refractivity contribution is 6.53. The first-order chi connectivity index (χ1) is 15.9. The molecule has 0 saturated carbocycles. The van der Waals surface area contributed by atoms with E-state index < -0.39 is 17.8 Å². The van der Waals surface area contributed by atoms with Crippen LogP contribution in [0.2, 0.25) is 5.02 Å². The number of hydrogen-bond acceptors (Lipinski definition) is 6. The predicted octanol–water partition coefficient (Wildman–Crippen LogP) is 5.00. The zero-order valence-electron chi connectivity index (χ0n) is 17.2. The molecule has 1 heterocycles. The Kier molecular flexibility index (Phi) is 6.35. The fourth-order valence-corrected chi connectivity index (χ4v) is 3.47. The van der Waals surface area contributed by atoms with Crippen LogP contribution in [0.1, 0.15) is 10.4 Å². The number of para-hydroxylation sites is 2.